The van der Waals surface area contributed by atoms with Crippen molar-refractivity contribution in [3.05, 3.63) is 36.2 Å². The van der Waals surface area contributed by atoms with Crippen molar-refractivity contribution >= 4 is 34.4 Å². The summed E-state index contributed by atoms with van der Waals surface area (Å²) in [4.78, 5) is 4.35. The molecule has 11 heteroatoms. The lowest BCUT2D eigenvalue weighted by atomic mass is 9.93. The Labute approximate surface area is 178 Å². The Balaban J connectivity index is 1.74. The first-order valence-electron chi connectivity index (χ1n) is 9.76. The first-order valence-corrected chi connectivity index (χ1v) is 9.76. The van der Waals surface area contributed by atoms with E-state index in [1.54, 1.807) is 25.1 Å². The number of imidazole rings is 1. The smallest absolute Gasteiger partial charge is 0.178 e. The summed E-state index contributed by atoms with van der Waals surface area (Å²) < 4.78 is 6.88. The molecule has 4 N–H and O–H groups in total. The SMILES string of the molecule is COc1cc(Nc2cc(NC3CCC3)c3ncc(C#N)n3n2)cc(N(N=N)C(C)=N)c1. The third-order valence-corrected chi connectivity index (χ3v) is 5.11. The highest BCUT2D eigenvalue weighted by atomic mass is 16.5. The topological polar surface area (TPSA) is 151 Å². The van der Waals surface area contributed by atoms with Crippen LogP contribution in [0.25, 0.3) is 5.65 Å². The number of aromatic nitrogens is 3. The van der Waals surface area contributed by atoms with Crippen LogP contribution in [0.5, 0.6) is 5.75 Å². The van der Waals surface area contributed by atoms with E-state index in [4.69, 9.17) is 15.7 Å². The van der Waals surface area contributed by atoms with E-state index < -0.39 is 0 Å². The molecule has 1 aromatic carbocycles. The Hall–Kier alpha value is -4.20. The Morgan fingerprint density at radius 1 is 1.35 bits per heavy atom. The Morgan fingerprint density at radius 2 is 2.16 bits per heavy atom. The maximum Gasteiger partial charge on any atom is 0.178 e. The van der Waals surface area contributed by atoms with Crippen LogP contribution in [0, 0.1) is 22.3 Å². The fourth-order valence-corrected chi connectivity index (χ4v) is 3.35. The fraction of sp³-hybridized carbons (Fsp3) is 0.300. The lowest BCUT2D eigenvalue weighted by Crippen LogP contribution is -2.27. The van der Waals surface area contributed by atoms with Gasteiger partial charge in [0.1, 0.15) is 17.7 Å². The maximum absolute atomic E-state index is 9.42. The molecule has 4 rings (SSSR count). The highest BCUT2D eigenvalue weighted by Gasteiger charge is 2.20. The Morgan fingerprint density at radius 3 is 2.77 bits per heavy atom. The van der Waals surface area contributed by atoms with Gasteiger partial charge in [0.05, 0.1) is 24.7 Å². The molecule has 0 bridgehead atoms. The van der Waals surface area contributed by atoms with E-state index in [0.717, 1.165) is 18.5 Å². The number of hydrogen-bond donors (Lipinski definition) is 4. The minimum absolute atomic E-state index is 0.0952. The zero-order chi connectivity index (χ0) is 22.0. The number of anilines is 4. The van der Waals surface area contributed by atoms with Gasteiger partial charge in [-0.1, -0.05) is 5.22 Å². The third-order valence-electron chi connectivity index (χ3n) is 5.11. The van der Waals surface area contributed by atoms with Gasteiger partial charge in [-0.05, 0) is 32.3 Å². The molecule has 2 heterocycles. The Bertz CT molecular complexity index is 1190. The van der Waals surface area contributed by atoms with Crippen molar-refractivity contribution in [2.24, 2.45) is 5.22 Å². The summed E-state index contributed by atoms with van der Waals surface area (Å²) in [6.07, 6.45) is 4.89. The molecule has 11 nitrogen and oxygen atoms in total. The molecule has 0 aliphatic heterocycles. The minimum atomic E-state index is 0.0952. The van der Waals surface area contributed by atoms with Gasteiger partial charge >= 0.3 is 0 Å². The average Bonchev–Trinajstić information content (AvgIpc) is 3.13. The molecule has 3 aromatic rings. The molecular formula is C20H22N10O. The van der Waals surface area contributed by atoms with Gasteiger partial charge in [0.2, 0.25) is 0 Å². The van der Waals surface area contributed by atoms with Crippen LogP contribution in [0.4, 0.5) is 22.9 Å². The van der Waals surface area contributed by atoms with Crippen molar-refractivity contribution in [1.29, 1.82) is 16.2 Å². The summed E-state index contributed by atoms with van der Waals surface area (Å²) >= 11 is 0. The third kappa shape index (κ3) is 3.95. The van der Waals surface area contributed by atoms with Crippen molar-refractivity contribution in [3.8, 4) is 11.8 Å². The summed E-state index contributed by atoms with van der Waals surface area (Å²) in [5, 5.41) is 33.1. The van der Waals surface area contributed by atoms with Crippen LogP contribution in [0.1, 0.15) is 31.9 Å². The summed E-state index contributed by atoms with van der Waals surface area (Å²) in [5.74, 6) is 1.13. The van der Waals surface area contributed by atoms with E-state index in [2.05, 4.69) is 32.0 Å². The van der Waals surface area contributed by atoms with Crippen LogP contribution >= 0.6 is 0 Å². The van der Waals surface area contributed by atoms with Gasteiger partial charge in [-0.3, -0.25) is 5.41 Å². The molecule has 1 saturated carbocycles. The van der Waals surface area contributed by atoms with Gasteiger partial charge in [0, 0.05) is 29.9 Å². The first-order chi connectivity index (χ1) is 15.0. The van der Waals surface area contributed by atoms with E-state index >= 15 is 0 Å². The van der Waals surface area contributed by atoms with Gasteiger partial charge < -0.3 is 15.4 Å². The quantitative estimate of drug-likeness (QED) is 0.195. The van der Waals surface area contributed by atoms with Crippen LogP contribution in [0.2, 0.25) is 0 Å². The minimum Gasteiger partial charge on any atom is -0.497 e. The van der Waals surface area contributed by atoms with Crippen molar-refractivity contribution < 1.29 is 4.74 Å². The summed E-state index contributed by atoms with van der Waals surface area (Å²) in [6, 6.07) is 9.55. The van der Waals surface area contributed by atoms with Gasteiger partial charge in [-0.25, -0.2) is 9.99 Å². The van der Waals surface area contributed by atoms with Gasteiger partial charge in [0.15, 0.2) is 17.2 Å². The molecular weight excluding hydrogens is 396 g/mol. The van der Waals surface area contributed by atoms with Crippen LogP contribution in [0.15, 0.2) is 35.7 Å². The van der Waals surface area contributed by atoms with E-state index in [1.165, 1.54) is 29.3 Å². The number of fused-ring (bicyclic) bond motifs is 1. The van der Waals surface area contributed by atoms with Crippen molar-refractivity contribution in [2.45, 2.75) is 32.2 Å². The van der Waals surface area contributed by atoms with Crippen LogP contribution in [-0.2, 0) is 0 Å². The Kier molecular flexibility index (Phi) is 5.36. The van der Waals surface area contributed by atoms with Crippen LogP contribution < -0.4 is 20.4 Å². The van der Waals surface area contributed by atoms with Gasteiger partial charge in [0.25, 0.3) is 0 Å². The largest absolute Gasteiger partial charge is 0.497 e. The number of amidine groups is 1. The highest BCUT2D eigenvalue weighted by molar-refractivity contribution is 5.93. The monoisotopic (exact) mass is 418 g/mol. The van der Waals surface area contributed by atoms with Crippen molar-refractivity contribution in [3.63, 3.8) is 0 Å². The molecule has 0 spiro atoms. The maximum atomic E-state index is 9.42. The average molecular weight is 418 g/mol. The van der Waals surface area contributed by atoms with Crippen molar-refractivity contribution in [2.75, 3.05) is 22.8 Å². The second-order valence-corrected chi connectivity index (χ2v) is 7.25. The zero-order valence-electron chi connectivity index (χ0n) is 17.2. The second kappa shape index (κ2) is 8.27. The van der Waals surface area contributed by atoms with Crippen LogP contribution in [-0.4, -0.2) is 33.6 Å². The molecule has 0 atom stereocenters. The number of benzene rings is 1. The van der Waals surface area contributed by atoms with Crippen molar-refractivity contribution in [1.82, 2.24) is 14.6 Å². The van der Waals surface area contributed by atoms with Gasteiger partial charge in [-0.15, -0.1) is 5.10 Å². The summed E-state index contributed by atoms with van der Waals surface area (Å²) in [6.45, 7) is 1.54. The van der Waals surface area contributed by atoms with E-state index in [0.29, 0.717) is 40.3 Å². The number of rotatable bonds is 7. The molecule has 0 amide bonds. The lowest BCUT2D eigenvalue weighted by Gasteiger charge is -2.27. The molecule has 1 aliphatic carbocycles. The normalized spacial score (nSPS) is 13.2. The lowest BCUT2D eigenvalue weighted by molar-refractivity contribution is 0.415. The van der Waals surface area contributed by atoms with E-state index in [1.807, 2.05) is 6.07 Å². The number of hydrogen-bond acceptors (Lipinski definition) is 9. The summed E-state index contributed by atoms with van der Waals surface area (Å²) in [7, 11) is 1.54. The number of ether oxygens (including phenoxy) is 1. The molecule has 1 aliphatic rings. The molecule has 0 radical (unpaired) electrons. The summed E-state index contributed by atoms with van der Waals surface area (Å²) in [5.41, 5.74) is 10.2. The highest BCUT2D eigenvalue weighted by Crippen LogP contribution is 2.31. The molecule has 2 aromatic heterocycles. The molecule has 0 saturated heterocycles. The van der Waals surface area contributed by atoms with E-state index in [-0.39, 0.29) is 5.84 Å². The zero-order valence-corrected chi connectivity index (χ0v) is 17.2. The van der Waals surface area contributed by atoms with Gasteiger partial charge in [-0.2, -0.15) is 15.3 Å². The molecule has 0 unspecified atom stereocenters. The molecule has 1 fully saturated rings. The van der Waals surface area contributed by atoms with E-state index in [9.17, 15) is 5.26 Å². The number of nitrogens with one attached hydrogen (secondary N) is 4. The second-order valence-electron chi connectivity index (χ2n) is 7.25. The predicted molar refractivity (Wildman–Crippen MR) is 116 cm³/mol. The number of methoxy groups -OCH3 is 1. The number of nitriles is 1. The first kappa shape index (κ1) is 20.1. The predicted octanol–water partition coefficient (Wildman–Crippen LogP) is 4.07. The molecule has 31 heavy (non-hydrogen) atoms. The fourth-order valence-electron chi connectivity index (χ4n) is 3.35. The number of nitrogens with zero attached hydrogens (tertiary/aromatic N) is 6. The standard InChI is InChI=1S/C20H22N10O/c1-12(22)29(28-23)15-6-14(7-17(8-15)31-2)26-19-9-18(25-13-4-3-5-13)20-24-11-16(10-21)30(20)27-19/h6-9,11,13,22-23,25H,3-5H2,1-2H3,(H,26,27). The molecule has 158 valence electrons. The van der Waals surface area contributed by atoms with Crippen LogP contribution in [0.3, 0.4) is 0 Å².